The Morgan fingerprint density at radius 3 is 2.50 bits per heavy atom. The monoisotopic (exact) mass is 420 g/mol. The molecule has 0 aliphatic carbocycles. The molecule has 3 aromatic rings. The number of aliphatic hydroxyl groups is 1. The van der Waals surface area contributed by atoms with Crippen molar-refractivity contribution in [3.8, 4) is 10.4 Å². The Balaban J connectivity index is 1.82. The SMILES string of the molecule is Cc1ccc(I)cc1Cc1ccc(-c2ccc(CO)cc2)s1. The summed E-state index contributed by atoms with van der Waals surface area (Å²) in [6.45, 7) is 2.27. The zero-order valence-electron chi connectivity index (χ0n) is 12.3. The van der Waals surface area contributed by atoms with Crippen LogP contribution in [0.5, 0.6) is 0 Å². The standard InChI is InChI=1S/C19H17IOS/c1-13-2-7-17(20)10-16(13)11-18-8-9-19(22-18)15-5-3-14(12-21)4-6-15/h2-10,21H,11-12H2,1H3. The van der Waals surface area contributed by atoms with Crippen LogP contribution in [0.15, 0.2) is 54.6 Å². The lowest BCUT2D eigenvalue weighted by Crippen LogP contribution is -1.90. The molecule has 0 saturated carbocycles. The third-order valence-corrected chi connectivity index (χ3v) is 5.56. The van der Waals surface area contributed by atoms with Crippen LogP contribution in [0.2, 0.25) is 0 Å². The lowest BCUT2D eigenvalue weighted by Gasteiger charge is -2.05. The number of rotatable bonds is 4. The zero-order chi connectivity index (χ0) is 15.5. The molecule has 1 aromatic heterocycles. The van der Waals surface area contributed by atoms with E-state index in [2.05, 4.69) is 72.0 Å². The zero-order valence-corrected chi connectivity index (χ0v) is 15.3. The highest BCUT2D eigenvalue weighted by molar-refractivity contribution is 14.1. The molecule has 0 radical (unpaired) electrons. The van der Waals surface area contributed by atoms with Gasteiger partial charge in [0.1, 0.15) is 0 Å². The first-order chi connectivity index (χ1) is 10.7. The fourth-order valence-corrected chi connectivity index (χ4v) is 4.01. The van der Waals surface area contributed by atoms with Gasteiger partial charge in [-0.2, -0.15) is 0 Å². The van der Waals surface area contributed by atoms with E-state index in [0.717, 1.165) is 12.0 Å². The van der Waals surface area contributed by atoms with Crippen molar-refractivity contribution < 1.29 is 5.11 Å². The summed E-state index contributed by atoms with van der Waals surface area (Å²) >= 11 is 4.21. The molecule has 0 aliphatic heterocycles. The van der Waals surface area contributed by atoms with E-state index in [1.165, 1.54) is 30.0 Å². The minimum Gasteiger partial charge on any atom is -0.392 e. The van der Waals surface area contributed by atoms with Gasteiger partial charge in [-0.25, -0.2) is 0 Å². The van der Waals surface area contributed by atoms with Crippen LogP contribution < -0.4 is 0 Å². The molecular weight excluding hydrogens is 403 g/mol. The van der Waals surface area contributed by atoms with Crippen molar-refractivity contribution in [2.24, 2.45) is 0 Å². The largest absolute Gasteiger partial charge is 0.392 e. The Morgan fingerprint density at radius 1 is 1.00 bits per heavy atom. The topological polar surface area (TPSA) is 20.2 Å². The van der Waals surface area contributed by atoms with Gasteiger partial charge < -0.3 is 5.11 Å². The number of thiophene rings is 1. The predicted molar refractivity (Wildman–Crippen MR) is 102 cm³/mol. The van der Waals surface area contributed by atoms with E-state index >= 15 is 0 Å². The first-order valence-electron chi connectivity index (χ1n) is 7.19. The van der Waals surface area contributed by atoms with E-state index in [-0.39, 0.29) is 6.61 Å². The van der Waals surface area contributed by atoms with Crippen molar-refractivity contribution in [2.75, 3.05) is 0 Å². The highest BCUT2D eigenvalue weighted by atomic mass is 127. The molecule has 0 amide bonds. The Kier molecular flexibility index (Phi) is 4.96. The van der Waals surface area contributed by atoms with E-state index in [0.29, 0.717) is 0 Å². The van der Waals surface area contributed by atoms with Crippen LogP contribution in [0.3, 0.4) is 0 Å². The van der Waals surface area contributed by atoms with Crippen LogP contribution in [-0.4, -0.2) is 5.11 Å². The van der Waals surface area contributed by atoms with E-state index in [9.17, 15) is 0 Å². The van der Waals surface area contributed by atoms with Gasteiger partial charge in [-0.1, -0.05) is 30.3 Å². The van der Waals surface area contributed by atoms with Crippen molar-refractivity contribution in [3.63, 3.8) is 0 Å². The molecule has 1 N–H and O–H groups in total. The lowest BCUT2D eigenvalue weighted by molar-refractivity contribution is 0.282. The number of hydrogen-bond acceptors (Lipinski definition) is 2. The molecule has 0 atom stereocenters. The average molecular weight is 420 g/mol. The molecule has 0 spiro atoms. The second kappa shape index (κ2) is 6.94. The van der Waals surface area contributed by atoms with E-state index in [1.54, 1.807) is 0 Å². The summed E-state index contributed by atoms with van der Waals surface area (Å²) in [7, 11) is 0. The van der Waals surface area contributed by atoms with Crippen molar-refractivity contribution in [3.05, 3.63) is 79.7 Å². The van der Waals surface area contributed by atoms with Crippen molar-refractivity contribution in [1.82, 2.24) is 0 Å². The third-order valence-electron chi connectivity index (χ3n) is 3.76. The summed E-state index contributed by atoms with van der Waals surface area (Å²) in [4.78, 5) is 2.66. The van der Waals surface area contributed by atoms with Crippen LogP contribution in [0, 0.1) is 10.5 Å². The molecule has 3 rings (SSSR count). The molecule has 0 unspecified atom stereocenters. The Morgan fingerprint density at radius 2 is 1.77 bits per heavy atom. The van der Waals surface area contributed by atoms with Crippen molar-refractivity contribution >= 4 is 33.9 Å². The molecule has 1 heterocycles. The number of benzene rings is 2. The quantitative estimate of drug-likeness (QED) is 0.560. The fraction of sp³-hybridized carbons (Fsp3) is 0.158. The van der Waals surface area contributed by atoms with Gasteiger partial charge in [0, 0.05) is 19.7 Å². The highest BCUT2D eigenvalue weighted by Crippen LogP contribution is 2.30. The van der Waals surface area contributed by atoms with Gasteiger partial charge in [0.2, 0.25) is 0 Å². The minimum atomic E-state index is 0.0991. The normalized spacial score (nSPS) is 10.9. The summed E-state index contributed by atoms with van der Waals surface area (Å²) in [6, 6.07) is 19.2. The molecular formula is C19H17IOS. The molecule has 22 heavy (non-hydrogen) atoms. The average Bonchev–Trinajstić information content (AvgIpc) is 2.99. The molecule has 3 heteroatoms. The van der Waals surface area contributed by atoms with Gasteiger partial charge in [0.15, 0.2) is 0 Å². The molecule has 0 bridgehead atoms. The Hall–Kier alpha value is -1.17. The number of aliphatic hydroxyl groups excluding tert-OH is 1. The van der Waals surface area contributed by atoms with E-state index < -0.39 is 0 Å². The maximum absolute atomic E-state index is 9.12. The molecule has 2 aromatic carbocycles. The first kappa shape index (κ1) is 15.7. The number of hydrogen-bond donors (Lipinski definition) is 1. The van der Waals surface area contributed by atoms with Gasteiger partial charge in [-0.05, 0) is 76.0 Å². The van der Waals surface area contributed by atoms with Gasteiger partial charge in [-0.15, -0.1) is 11.3 Å². The van der Waals surface area contributed by atoms with Gasteiger partial charge in [0.05, 0.1) is 6.61 Å². The number of aryl methyl sites for hydroxylation is 1. The summed E-state index contributed by atoms with van der Waals surface area (Å²) in [5.74, 6) is 0. The number of halogens is 1. The second-order valence-electron chi connectivity index (χ2n) is 5.37. The van der Waals surface area contributed by atoms with E-state index in [4.69, 9.17) is 5.11 Å². The Labute approximate surface area is 148 Å². The summed E-state index contributed by atoms with van der Waals surface area (Å²) in [5.41, 5.74) is 4.92. The molecule has 1 nitrogen and oxygen atoms in total. The second-order valence-corrected chi connectivity index (χ2v) is 7.78. The molecule has 112 valence electrons. The Bertz CT molecular complexity index is 774. The van der Waals surface area contributed by atoms with Crippen LogP contribution in [0.25, 0.3) is 10.4 Å². The van der Waals surface area contributed by atoms with Gasteiger partial charge in [0.25, 0.3) is 0 Å². The van der Waals surface area contributed by atoms with Gasteiger partial charge in [-0.3, -0.25) is 0 Å². The predicted octanol–water partition coefficient (Wildman–Crippen LogP) is 5.41. The van der Waals surface area contributed by atoms with Crippen LogP contribution in [0.1, 0.15) is 21.6 Å². The third kappa shape index (κ3) is 3.59. The van der Waals surface area contributed by atoms with Crippen LogP contribution in [-0.2, 0) is 13.0 Å². The molecule has 0 aliphatic rings. The fourth-order valence-electron chi connectivity index (χ4n) is 2.42. The molecule has 0 fully saturated rings. The summed E-state index contributed by atoms with van der Waals surface area (Å²) < 4.78 is 1.29. The summed E-state index contributed by atoms with van der Waals surface area (Å²) in [5, 5.41) is 9.12. The first-order valence-corrected chi connectivity index (χ1v) is 9.09. The van der Waals surface area contributed by atoms with Crippen molar-refractivity contribution in [1.29, 1.82) is 0 Å². The highest BCUT2D eigenvalue weighted by Gasteiger charge is 2.06. The summed E-state index contributed by atoms with van der Waals surface area (Å²) in [6.07, 6.45) is 0.988. The van der Waals surface area contributed by atoms with Crippen LogP contribution >= 0.6 is 33.9 Å². The maximum Gasteiger partial charge on any atom is 0.0681 e. The lowest BCUT2D eigenvalue weighted by atomic mass is 10.1. The van der Waals surface area contributed by atoms with E-state index in [1.807, 2.05) is 23.5 Å². The van der Waals surface area contributed by atoms with Crippen LogP contribution in [0.4, 0.5) is 0 Å². The maximum atomic E-state index is 9.12. The smallest absolute Gasteiger partial charge is 0.0681 e. The molecule has 0 saturated heterocycles. The minimum absolute atomic E-state index is 0.0991. The van der Waals surface area contributed by atoms with Gasteiger partial charge >= 0.3 is 0 Å². The van der Waals surface area contributed by atoms with Crippen molar-refractivity contribution in [2.45, 2.75) is 20.0 Å².